The van der Waals surface area contributed by atoms with Crippen LogP contribution in [-0.4, -0.2) is 29.4 Å². The molecule has 1 rings (SSSR count). The van der Waals surface area contributed by atoms with Gasteiger partial charge in [0.1, 0.15) is 5.82 Å². The van der Waals surface area contributed by atoms with Crippen molar-refractivity contribution in [1.82, 2.24) is 9.80 Å². The molecule has 62 valence electrons. The Kier molecular flexibility index (Phi) is 1.51. The van der Waals surface area contributed by atoms with E-state index in [4.69, 9.17) is 0 Å². The first kappa shape index (κ1) is 8.18. The van der Waals surface area contributed by atoms with Crippen molar-refractivity contribution in [2.24, 2.45) is 0 Å². The second kappa shape index (κ2) is 2.03. The lowest BCUT2D eigenvalue weighted by Crippen LogP contribution is -2.34. The SMILES string of the molecule is C=C1N(C)C(=C)C(C)(C)N1C. The highest BCUT2D eigenvalue weighted by atomic mass is 15.4. The van der Waals surface area contributed by atoms with Crippen LogP contribution in [0.4, 0.5) is 0 Å². The standard InChI is InChI=1S/C9H16N2/c1-7-9(3,4)11(6)8(2)10(7)5/h1-2H2,3-6H3. The molecule has 1 aliphatic rings. The molecule has 2 nitrogen and oxygen atoms in total. The van der Waals surface area contributed by atoms with Gasteiger partial charge in [0, 0.05) is 19.8 Å². The number of nitrogens with zero attached hydrogens (tertiary/aromatic N) is 2. The first-order valence-electron chi connectivity index (χ1n) is 3.75. The van der Waals surface area contributed by atoms with Crippen LogP contribution in [0.1, 0.15) is 13.8 Å². The van der Waals surface area contributed by atoms with Gasteiger partial charge in [-0.05, 0) is 13.8 Å². The monoisotopic (exact) mass is 152 g/mol. The molecule has 0 radical (unpaired) electrons. The molecule has 0 aromatic carbocycles. The van der Waals surface area contributed by atoms with Crippen molar-refractivity contribution < 1.29 is 0 Å². The molecule has 0 spiro atoms. The van der Waals surface area contributed by atoms with Crippen molar-refractivity contribution in [2.45, 2.75) is 19.4 Å². The third-order valence-electron chi connectivity index (χ3n) is 2.72. The molecule has 0 N–H and O–H groups in total. The van der Waals surface area contributed by atoms with Crippen molar-refractivity contribution in [3.8, 4) is 0 Å². The second-order valence-electron chi connectivity index (χ2n) is 3.54. The van der Waals surface area contributed by atoms with Gasteiger partial charge < -0.3 is 9.80 Å². The van der Waals surface area contributed by atoms with Crippen molar-refractivity contribution in [3.63, 3.8) is 0 Å². The van der Waals surface area contributed by atoms with Crippen LogP contribution in [0.5, 0.6) is 0 Å². The number of rotatable bonds is 0. The van der Waals surface area contributed by atoms with Gasteiger partial charge in [-0.15, -0.1) is 0 Å². The van der Waals surface area contributed by atoms with Gasteiger partial charge in [-0.3, -0.25) is 0 Å². The summed E-state index contributed by atoms with van der Waals surface area (Å²) in [5, 5.41) is 0. The molecule has 1 heterocycles. The fourth-order valence-corrected chi connectivity index (χ4v) is 1.31. The van der Waals surface area contributed by atoms with Gasteiger partial charge in [0.25, 0.3) is 0 Å². The zero-order chi connectivity index (χ0) is 8.81. The van der Waals surface area contributed by atoms with Crippen LogP contribution in [0.15, 0.2) is 24.7 Å². The highest BCUT2D eigenvalue weighted by Gasteiger charge is 2.38. The van der Waals surface area contributed by atoms with Crippen LogP contribution in [0.3, 0.4) is 0 Å². The van der Waals surface area contributed by atoms with E-state index in [0.29, 0.717) is 0 Å². The van der Waals surface area contributed by atoms with Gasteiger partial charge in [-0.2, -0.15) is 0 Å². The Balaban J connectivity index is 3.06. The Morgan fingerprint density at radius 3 is 1.73 bits per heavy atom. The second-order valence-corrected chi connectivity index (χ2v) is 3.54. The van der Waals surface area contributed by atoms with Crippen molar-refractivity contribution in [1.29, 1.82) is 0 Å². The van der Waals surface area contributed by atoms with E-state index in [9.17, 15) is 0 Å². The minimum Gasteiger partial charge on any atom is -0.351 e. The zero-order valence-electron chi connectivity index (χ0n) is 7.81. The average molecular weight is 152 g/mol. The largest absolute Gasteiger partial charge is 0.351 e. The lowest BCUT2D eigenvalue weighted by Gasteiger charge is -2.28. The molecule has 0 aromatic heterocycles. The van der Waals surface area contributed by atoms with Gasteiger partial charge in [0.2, 0.25) is 0 Å². The quantitative estimate of drug-likeness (QED) is 0.520. The molecule has 0 bridgehead atoms. The van der Waals surface area contributed by atoms with Crippen LogP contribution in [0.2, 0.25) is 0 Å². The van der Waals surface area contributed by atoms with Gasteiger partial charge in [-0.25, -0.2) is 0 Å². The van der Waals surface area contributed by atoms with Gasteiger partial charge in [0.15, 0.2) is 0 Å². The number of hydrogen-bond acceptors (Lipinski definition) is 2. The summed E-state index contributed by atoms with van der Waals surface area (Å²) in [6.07, 6.45) is 0. The average Bonchev–Trinajstić information content (AvgIpc) is 2.06. The van der Waals surface area contributed by atoms with E-state index < -0.39 is 0 Å². The molecule has 11 heavy (non-hydrogen) atoms. The minimum atomic E-state index is 0.0197. The minimum absolute atomic E-state index is 0.0197. The van der Waals surface area contributed by atoms with Crippen molar-refractivity contribution in [2.75, 3.05) is 14.1 Å². The van der Waals surface area contributed by atoms with E-state index in [1.165, 1.54) is 0 Å². The van der Waals surface area contributed by atoms with E-state index in [0.717, 1.165) is 11.5 Å². The molecule has 1 fully saturated rings. The van der Waals surface area contributed by atoms with Crippen LogP contribution >= 0.6 is 0 Å². The summed E-state index contributed by atoms with van der Waals surface area (Å²) in [6.45, 7) is 12.3. The first-order chi connectivity index (χ1) is 4.89. The highest BCUT2D eigenvalue weighted by Crippen LogP contribution is 2.35. The lowest BCUT2D eigenvalue weighted by molar-refractivity contribution is 0.284. The fourth-order valence-electron chi connectivity index (χ4n) is 1.31. The van der Waals surface area contributed by atoms with E-state index >= 15 is 0 Å². The summed E-state index contributed by atoms with van der Waals surface area (Å²) in [4.78, 5) is 4.16. The summed E-state index contributed by atoms with van der Waals surface area (Å²) < 4.78 is 0. The van der Waals surface area contributed by atoms with Crippen LogP contribution in [-0.2, 0) is 0 Å². The Morgan fingerprint density at radius 1 is 1.18 bits per heavy atom. The molecule has 0 unspecified atom stereocenters. The topological polar surface area (TPSA) is 6.48 Å². The molecule has 2 heteroatoms. The Bertz CT molecular complexity index is 216. The fraction of sp³-hybridized carbons (Fsp3) is 0.556. The van der Waals surface area contributed by atoms with Crippen LogP contribution in [0, 0.1) is 0 Å². The molecule has 0 aliphatic carbocycles. The molecule has 0 aromatic rings. The molecule has 0 saturated carbocycles. The summed E-state index contributed by atoms with van der Waals surface area (Å²) in [5.74, 6) is 1.01. The summed E-state index contributed by atoms with van der Waals surface area (Å²) in [6, 6.07) is 0. The first-order valence-corrected chi connectivity index (χ1v) is 3.75. The molecule has 1 saturated heterocycles. The Hall–Kier alpha value is -0.920. The predicted molar refractivity (Wildman–Crippen MR) is 47.9 cm³/mol. The van der Waals surface area contributed by atoms with Crippen LogP contribution in [0.25, 0.3) is 0 Å². The number of likely N-dealkylation sites (N-methyl/N-ethyl adjacent to an activating group) is 2. The van der Waals surface area contributed by atoms with Gasteiger partial charge in [-0.1, -0.05) is 13.2 Å². The normalized spacial score (nSPS) is 23.3. The van der Waals surface area contributed by atoms with Gasteiger partial charge in [0.05, 0.1) is 5.54 Å². The lowest BCUT2D eigenvalue weighted by atomic mass is 10.0. The maximum Gasteiger partial charge on any atom is 0.101 e. The molecular weight excluding hydrogens is 136 g/mol. The van der Waals surface area contributed by atoms with E-state index in [1.54, 1.807) is 0 Å². The Morgan fingerprint density at radius 2 is 1.64 bits per heavy atom. The molecule has 1 aliphatic heterocycles. The van der Waals surface area contributed by atoms with E-state index in [-0.39, 0.29) is 5.54 Å². The smallest absolute Gasteiger partial charge is 0.101 e. The summed E-state index contributed by atoms with van der Waals surface area (Å²) >= 11 is 0. The van der Waals surface area contributed by atoms with Crippen molar-refractivity contribution >= 4 is 0 Å². The molecule has 0 atom stereocenters. The third-order valence-corrected chi connectivity index (χ3v) is 2.72. The maximum absolute atomic E-state index is 4.01. The van der Waals surface area contributed by atoms with E-state index in [2.05, 4.69) is 31.9 Å². The molecule has 0 amide bonds. The molecular formula is C9H16N2. The third kappa shape index (κ3) is 0.854. The maximum atomic E-state index is 4.01. The summed E-state index contributed by atoms with van der Waals surface area (Å²) in [7, 11) is 4.03. The summed E-state index contributed by atoms with van der Waals surface area (Å²) in [5.41, 5.74) is 1.12. The van der Waals surface area contributed by atoms with Crippen LogP contribution < -0.4 is 0 Å². The van der Waals surface area contributed by atoms with Gasteiger partial charge >= 0.3 is 0 Å². The highest BCUT2D eigenvalue weighted by molar-refractivity contribution is 5.26. The predicted octanol–water partition coefficient (Wildman–Crippen LogP) is 1.63. The Labute approximate surface area is 68.8 Å². The van der Waals surface area contributed by atoms with Crippen molar-refractivity contribution in [3.05, 3.63) is 24.7 Å². The number of hydrogen-bond donors (Lipinski definition) is 0. The van der Waals surface area contributed by atoms with E-state index in [1.807, 2.05) is 19.0 Å². The zero-order valence-corrected chi connectivity index (χ0v) is 7.81.